The number of hydrogen-bond donors (Lipinski definition) is 1. The van der Waals surface area contributed by atoms with Crippen molar-refractivity contribution in [2.75, 3.05) is 101 Å². The Morgan fingerprint density at radius 2 is 1.05 bits per heavy atom. The zero-order valence-corrected chi connectivity index (χ0v) is 49.8. The highest BCUT2D eigenvalue weighted by molar-refractivity contribution is 5.96. The van der Waals surface area contributed by atoms with Gasteiger partial charge in [0.1, 0.15) is 17.0 Å². The topological polar surface area (TPSA) is 194 Å². The number of hydrogen-bond acceptors (Lipinski definition) is 15. The summed E-state index contributed by atoms with van der Waals surface area (Å²) in [6.45, 7) is 23.3. The van der Waals surface area contributed by atoms with Gasteiger partial charge in [0.25, 0.3) is 11.8 Å². The van der Waals surface area contributed by atoms with Gasteiger partial charge < -0.3 is 72.1 Å². The van der Waals surface area contributed by atoms with Crippen molar-refractivity contribution in [2.45, 2.75) is 144 Å². The zero-order chi connectivity index (χ0) is 58.5. The third-order valence-corrected chi connectivity index (χ3v) is 13.3. The summed E-state index contributed by atoms with van der Waals surface area (Å²) in [7, 11) is 8.04. The molecule has 3 aromatic rings. The van der Waals surface area contributed by atoms with Crippen molar-refractivity contribution in [2.24, 2.45) is 11.8 Å². The number of carbonyl (C=O) groups excluding carboxylic acids is 4. The predicted molar refractivity (Wildman–Crippen MR) is 308 cm³/mol. The lowest BCUT2D eigenvalue weighted by Gasteiger charge is -2.45. The number of carbonyl (C=O) groups is 4. The number of amides is 4. The number of likely N-dealkylation sites (tertiary alicyclic amines) is 2. The van der Waals surface area contributed by atoms with E-state index in [0.717, 1.165) is 11.3 Å². The van der Waals surface area contributed by atoms with Crippen LogP contribution in [0, 0.1) is 11.8 Å². The molecule has 2 aliphatic rings. The van der Waals surface area contributed by atoms with E-state index in [-0.39, 0.29) is 67.9 Å². The number of piperidine rings is 2. The molecule has 3 aromatic carbocycles. The van der Waals surface area contributed by atoms with Gasteiger partial charge in [-0.25, -0.2) is 9.59 Å². The molecule has 80 heavy (non-hydrogen) atoms. The van der Waals surface area contributed by atoms with E-state index < -0.39 is 17.3 Å². The van der Waals surface area contributed by atoms with Crippen LogP contribution in [0.5, 0.6) is 28.7 Å². The Morgan fingerprint density at radius 1 is 0.600 bits per heavy atom. The molecule has 0 spiro atoms. The van der Waals surface area contributed by atoms with Crippen molar-refractivity contribution < 1.29 is 71.7 Å². The first-order valence-corrected chi connectivity index (χ1v) is 27.5. The van der Waals surface area contributed by atoms with E-state index in [2.05, 4.69) is 0 Å². The number of ether oxygens (including phenoxy) is 10. The van der Waals surface area contributed by atoms with Crippen molar-refractivity contribution in [1.82, 2.24) is 19.6 Å². The lowest BCUT2D eigenvalue weighted by atomic mass is 9.89. The lowest BCUT2D eigenvalue weighted by molar-refractivity contribution is -0.0227. The Hall–Kier alpha value is -6.02. The second-order valence-electron chi connectivity index (χ2n) is 22.4. The molecule has 0 aliphatic carbocycles. The normalized spacial score (nSPS) is 17.3. The van der Waals surface area contributed by atoms with E-state index >= 15 is 0 Å². The van der Waals surface area contributed by atoms with E-state index in [9.17, 15) is 24.3 Å². The van der Waals surface area contributed by atoms with Crippen LogP contribution in [0.25, 0.3) is 0 Å². The zero-order valence-electron chi connectivity index (χ0n) is 49.8. The van der Waals surface area contributed by atoms with Gasteiger partial charge in [0.15, 0.2) is 23.0 Å². The highest BCUT2D eigenvalue weighted by Gasteiger charge is 2.42. The molecule has 19 nitrogen and oxygen atoms in total. The minimum atomic E-state index is -0.625. The first-order valence-electron chi connectivity index (χ1n) is 27.5. The molecule has 1 N–H and O–H groups in total. The van der Waals surface area contributed by atoms with Crippen LogP contribution in [0.4, 0.5) is 9.59 Å². The fourth-order valence-electron chi connectivity index (χ4n) is 9.52. The molecule has 2 aliphatic heterocycles. The van der Waals surface area contributed by atoms with Gasteiger partial charge in [-0.15, -0.1) is 0 Å². The third-order valence-electron chi connectivity index (χ3n) is 13.3. The SMILES string of the molecule is C.COCCCOc1cc(C(=O)N(C(C)C)C2CN(C(=O)OC(C)(C)C)CCC2CO)ccc1OC.COCCCOc1cc(C(=O)N(C(C)C)C2CN(C(=O)OC(C)(C)C)CCC2COCc2cccc(OC)c2)ccc1OC. The van der Waals surface area contributed by atoms with Gasteiger partial charge in [-0.05, 0) is 136 Å². The molecule has 0 radical (unpaired) electrons. The van der Waals surface area contributed by atoms with E-state index in [1.807, 2.05) is 98.4 Å². The molecule has 19 heteroatoms. The van der Waals surface area contributed by atoms with Gasteiger partial charge in [-0.2, -0.15) is 0 Å². The lowest BCUT2D eigenvalue weighted by Crippen LogP contribution is -2.59. The Morgan fingerprint density at radius 3 is 1.45 bits per heavy atom. The fraction of sp³-hybridized carbons (Fsp3) is 0.639. The minimum absolute atomic E-state index is 0. The van der Waals surface area contributed by atoms with E-state index in [1.54, 1.807) is 86.6 Å². The van der Waals surface area contributed by atoms with Crippen LogP contribution < -0.4 is 23.7 Å². The number of aliphatic hydroxyl groups is 1. The summed E-state index contributed by atoms with van der Waals surface area (Å²) >= 11 is 0. The summed E-state index contributed by atoms with van der Waals surface area (Å²) in [6.07, 6.45) is 1.85. The Bertz CT molecular complexity index is 2370. The second-order valence-corrected chi connectivity index (χ2v) is 22.4. The molecular formula is C61H96N4O15. The Labute approximate surface area is 477 Å². The van der Waals surface area contributed by atoms with Gasteiger partial charge in [0.2, 0.25) is 0 Å². The first-order chi connectivity index (χ1) is 37.5. The summed E-state index contributed by atoms with van der Waals surface area (Å²) in [5.41, 5.74) is 0.690. The average molecular weight is 1130 g/mol. The van der Waals surface area contributed by atoms with Crippen LogP contribution in [0.3, 0.4) is 0 Å². The molecule has 5 rings (SSSR count). The molecule has 0 bridgehead atoms. The molecule has 2 saturated heterocycles. The first kappa shape index (κ1) is 68.3. The summed E-state index contributed by atoms with van der Waals surface area (Å²) < 4.78 is 55.7. The quantitative estimate of drug-likeness (QED) is 0.0832. The fourth-order valence-corrected chi connectivity index (χ4v) is 9.52. The summed E-state index contributed by atoms with van der Waals surface area (Å²) in [5.74, 6) is 2.33. The standard InChI is InChI=1S/C34H50N2O8.C26H42N2O7.CH4/c1-24(2)36(32(37)26-13-14-30(41-8)31(20-26)43-18-10-17-39-6)29-21-35(33(38)44-34(3,4)5)16-15-27(29)23-42-22-25-11-9-12-28(19-25)40-7;1-18(2)28(21-16-27(12-11-20(21)17-29)25(31)35-26(3,4)5)24(30)19-9-10-22(33-7)23(15-19)34-14-8-13-32-6;/h9,11-14,19-20,24,27,29H,10,15-18,21-23H2,1-8H3;9-10,15,18,20-21,29H,8,11-14,16-17H2,1-7H3;1H4. The number of benzene rings is 3. The van der Waals surface area contributed by atoms with Crippen LogP contribution in [0.1, 0.15) is 129 Å². The molecule has 0 aromatic heterocycles. The number of rotatable bonds is 24. The van der Waals surface area contributed by atoms with Crippen molar-refractivity contribution in [3.8, 4) is 28.7 Å². The van der Waals surface area contributed by atoms with E-state index in [0.29, 0.717) is 126 Å². The van der Waals surface area contributed by atoms with Crippen LogP contribution in [-0.4, -0.2) is 185 Å². The summed E-state index contributed by atoms with van der Waals surface area (Å²) in [5, 5.41) is 10.1. The van der Waals surface area contributed by atoms with Crippen molar-refractivity contribution >= 4 is 24.0 Å². The molecule has 0 saturated carbocycles. The Balaban J connectivity index is 0.000000426. The van der Waals surface area contributed by atoms with Crippen LogP contribution in [0.15, 0.2) is 60.7 Å². The van der Waals surface area contributed by atoms with Crippen molar-refractivity contribution in [3.05, 3.63) is 77.4 Å². The summed E-state index contributed by atoms with van der Waals surface area (Å²) in [6, 6.07) is 17.1. The minimum Gasteiger partial charge on any atom is -0.497 e. The molecule has 2 heterocycles. The molecule has 450 valence electrons. The maximum atomic E-state index is 14.3. The highest BCUT2D eigenvalue weighted by atomic mass is 16.6. The van der Waals surface area contributed by atoms with Gasteiger partial charge in [-0.1, -0.05) is 19.6 Å². The number of nitrogens with zero attached hydrogens (tertiary/aromatic N) is 4. The van der Waals surface area contributed by atoms with E-state index in [4.69, 9.17) is 47.4 Å². The van der Waals surface area contributed by atoms with Crippen molar-refractivity contribution in [3.63, 3.8) is 0 Å². The molecular weight excluding hydrogens is 1030 g/mol. The number of aliphatic hydroxyl groups excluding tert-OH is 1. The smallest absolute Gasteiger partial charge is 0.410 e. The van der Waals surface area contributed by atoms with Crippen LogP contribution >= 0.6 is 0 Å². The second kappa shape index (κ2) is 33.0. The Kier molecular flexibility index (Phi) is 28.2. The summed E-state index contributed by atoms with van der Waals surface area (Å²) in [4.78, 5) is 60.9. The molecule has 2 fully saturated rings. The molecule has 4 atom stereocenters. The van der Waals surface area contributed by atoms with Gasteiger partial charge in [0, 0.05) is 108 Å². The average Bonchev–Trinajstić information content (AvgIpc) is 3.42. The van der Waals surface area contributed by atoms with Crippen LogP contribution in [0.2, 0.25) is 0 Å². The van der Waals surface area contributed by atoms with E-state index in [1.165, 1.54) is 0 Å². The van der Waals surface area contributed by atoms with Gasteiger partial charge >= 0.3 is 12.2 Å². The third kappa shape index (κ3) is 20.8. The molecule has 4 unspecified atom stereocenters. The van der Waals surface area contributed by atoms with Crippen LogP contribution in [-0.2, 0) is 30.3 Å². The van der Waals surface area contributed by atoms with Gasteiger partial charge in [0.05, 0.1) is 59.8 Å². The highest BCUT2D eigenvalue weighted by Crippen LogP contribution is 2.34. The molecule has 4 amide bonds. The number of methoxy groups -OCH3 is 5. The largest absolute Gasteiger partial charge is 0.497 e. The predicted octanol–water partition coefficient (Wildman–Crippen LogP) is 10.0. The maximum absolute atomic E-state index is 14.3. The van der Waals surface area contributed by atoms with Gasteiger partial charge in [-0.3, -0.25) is 9.59 Å². The van der Waals surface area contributed by atoms with Crippen molar-refractivity contribution in [1.29, 1.82) is 0 Å². The monoisotopic (exact) mass is 1120 g/mol. The maximum Gasteiger partial charge on any atom is 0.410 e.